The van der Waals surface area contributed by atoms with Crippen LogP contribution in [-0.2, 0) is 19.0 Å². The third kappa shape index (κ3) is 4.71. The van der Waals surface area contributed by atoms with Crippen molar-refractivity contribution >= 4 is 28.0 Å². The zero-order valence-electron chi connectivity index (χ0n) is 18.8. The van der Waals surface area contributed by atoms with Crippen molar-refractivity contribution in [2.45, 2.75) is 52.7 Å². The Balaban J connectivity index is 2.11. The lowest BCUT2D eigenvalue weighted by Gasteiger charge is -2.32. The van der Waals surface area contributed by atoms with Gasteiger partial charge in [-0.25, -0.2) is 8.60 Å². The van der Waals surface area contributed by atoms with Crippen molar-refractivity contribution in [2.24, 2.45) is 4.36 Å². The fourth-order valence-corrected chi connectivity index (χ4v) is 3.88. The van der Waals surface area contributed by atoms with Gasteiger partial charge in [-0.15, -0.1) is 0 Å². The van der Waals surface area contributed by atoms with Crippen LogP contribution in [0.2, 0.25) is 0 Å². The van der Waals surface area contributed by atoms with Crippen molar-refractivity contribution in [3.05, 3.63) is 47.3 Å². The number of ether oxygens (including phenoxy) is 1. The van der Waals surface area contributed by atoms with Gasteiger partial charge in [-0.3, -0.25) is 0 Å². The molecule has 1 saturated heterocycles. The monoisotopic (exact) mass is 433 g/mol. The van der Waals surface area contributed by atoms with Crippen LogP contribution in [0.4, 0.5) is 10.1 Å². The molecule has 0 radical (unpaired) electrons. The molecule has 0 aromatic heterocycles. The molecule has 0 amide bonds. The van der Waals surface area contributed by atoms with Crippen molar-refractivity contribution in [1.29, 1.82) is 0 Å². The average molecular weight is 433 g/mol. The van der Waals surface area contributed by atoms with Gasteiger partial charge in [0, 0.05) is 27.7 Å². The van der Waals surface area contributed by atoms with E-state index in [9.17, 15) is 8.60 Å². The van der Waals surface area contributed by atoms with E-state index in [1.807, 2.05) is 27.7 Å². The van der Waals surface area contributed by atoms with Gasteiger partial charge in [0.05, 0.1) is 16.9 Å². The number of rotatable bonds is 4. The zero-order chi connectivity index (χ0) is 22.5. The molecule has 0 spiro atoms. The van der Waals surface area contributed by atoms with Crippen LogP contribution in [0.5, 0.6) is 11.5 Å². The fourth-order valence-electron chi connectivity index (χ4n) is 3.26. The summed E-state index contributed by atoms with van der Waals surface area (Å²) in [5, 5.41) is 0. The summed E-state index contributed by atoms with van der Waals surface area (Å²) in [6.07, 6.45) is 3.16. The van der Waals surface area contributed by atoms with Gasteiger partial charge in [0.15, 0.2) is 0 Å². The molecule has 1 heterocycles. The minimum atomic E-state index is -2.34. The minimum Gasteiger partial charge on any atom is -0.457 e. The maximum Gasteiger partial charge on any atom is 0.498 e. The summed E-state index contributed by atoms with van der Waals surface area (Å²) >= 11 is 0. The molecule has 0 unspecified atom stereocenters. The van der Waals surface area contributed by atoms with Crippen LogP contribution in [0.1, 0.15) is 38.8 Å². The lowest BCUT2D eigenvalue weighted by molar-refractivity contribution is 0.00578. The first-order valence-corrected chi connectivity index (χ1v) is 12.1. The number of halogens is 1. The highest BCUT2D eigenvalue weighted by atomic mass is 32.2. The van der Waals surface area contributed by atoms with Gasteiger partial charge in [-0.1, -0.05) is 0 Å². The molecule has 1 fully saturated rings. The average Bonchev–Trinajstić information content (AvgIpc) is 2.78. The van der Waals surface area contributed by atoms with Gasteiger partial charge in [0.1, 0.15) is 17.3 Å². The lowest BCUT2D eigenvalue weighted by Crippen LogP contribution is -2.41. The third-order valence-corrected chi connectivity index (χ3v) is 6.11. The molecule has 0 saturated carbocycles. The number of aryl methyl sites for hydroxylation is 2. The van der Waals surface area contributed by atoms with Crippen LogP contribution in [0.25, 0.3) is 0 Å². The summed E-state index contributed by atoms with van der Waals surface area (Å²) in [4.78, 5) is 0. The summed E-state index contributed by atoms with van der Waals surface area (Å²) in [6.45, 7) is 11.5. The Labute approximate surface area is 179 Å². The summed E-state index contributed by atoms with van der Waals surface area (Å²) in [5.41, 5.74) is 1.49. The molecule has 0 atom stereocenters. The Morgan fingerprint density at radius 3 is 2.03 bits per heavy atom. The first kappa shape index (κ1) is 22.8. The van der Waals surface area contributed by atoms with Crippen molar-refractivity contribution in [3.8, 4) is 11.5 Å². The second-order valence-electron chi connectivity index (χ2n) is 9.05. The van der Waals surface area contributed by atoms with Crippen molar-refractivity contribution < 1.29 is 22.6 Å². The molecule has 3 rings (SSSR count). The molecule has 30 heavy (non-hydrogen) atoms. The predicted octanol–water partition coefficient (Wildman–Crippen LogP) is 4.89. The van der Waals surface area contributed by atoms with Crippen molar-refractivity contribution in [1.82, 2.24) is 0 Å². The van der Waals surface area contributed by atoms with E-state index in [0.717, 1.165) is 0 Å². The summed E-state index contributed by atoms with van der Waals surface area (Å²) in [7, 11) is -3.03. The van der Waals surface area contributed by atoms with E-state index in [-0.39, 0.29) is 5.82 Å². The number of benzene rings is 2. The van der Waals surface area contributed by atoms with Gasteiger partial charge < -0.3 is 14.0 Å². The number of hydrogen-bond acceptors (Lipinski definition) is 5. The molecule has 8 heteroatoms. The highest BCUT2D eigenvalue weighted by Gasteiger charge is 2.52. The Bertz CT molecular complexity index is 1060. The molecule has 5 nitrogen and oxygen atoms in total. The minimum absolute atomic E-state index is 0.307. The highest BCUT2D eigenvalue weighted by molar-refractivity contribution is 7.92. The predicted molar refractivity (Wildman–Crippen MR) is 120 cm³/mol. The van der Waals surface area contributed by atoms with E-state index in [1.165, 1.54) is 12.1 Å². The van der Waals surface area contributed by atoms with Crippen LogP contribution in [0.3, 0.4) is 0 Å². The van der Waals surface area contributed by atoms with Crippen LogP contribution in [-0.4, -0.2) is 35.0 Å². The first-order chi connectivity index (χ1) is 13.7. The molecular formula is C22H29BFNO4S. The van der Waals surface area contributed by atoms with E-state index in [1.54, 1.807) is 44.6 Å². The first-order valence-electron chi connectivity index (χ1n) is 9.80. The third-order valence-electron chi connectivity index (χ3n) is 5.46. The molecule has 162 valence electrons. The fraction of sp³-hybridized carbons (Fsp3) is 0.455. The maximum atomic E-state index is 13.7. The maximum absolute atomic E-state index is 13.7. The van der Waals surface area contributed by atoms with E-state index in [2.05, 4.69) is 4.36 Å². The standard InChI is InChI=1S/C22H29BFNO4S/c1-14-11-16(24)12-15(2)20(14)27-19-10-9-17(25-30(7,8)26)13-18(19)23-28-21(3,4)22(5,6)29-23/h9-13H,1-8H3. The highest BCUT2D eigenvalue weighted by Crippen LogP contribution is 2.38. The van der Waals surface area contributed by atoms with Gasteiger partial charge in [0.2, 0.25) is 0 Å². The zero-order valence-corrected chi connectivity index (χ0v) is 19.6. The van der Waals surface area contributed by atoms with Crippen LogP contribution in [0.15, 0.2) is 34.7 Å². The van der Waals surface area contributed by atoms with Crippen molar-refractivity contribution in [3.63, 3.8) is 0 Å². The van der Waals surface area contributed by atoms with Crippen LogP contribution < -0.4 is 10.2 Å². The Morgan fingerprint density at radius 2 is 1.53 bits per heavy atom. The normalized spacial score (nSPS) is 17.8. The van der Waals surface area contributed by atoms with Crippen LogP contribution in [0, 0.1) is 19.7 Å². The molecule has 2 aromatic carbocycles. The largest absolute Gasteiger partial charge is 0.498 e. The van der Waals surface area contributed by atoms with Gasteiger partial charge >= 0.3 is 7.12 Å². The lowest BCUT2D eigenvalue weighted by atomic mass is 9.78. The molecular weight excluding hydrogens is 404 g/mol. The van der Waals surface area contributed by atoms with Gasteiger partial charge in [0.25, 0.3) is 0 Å². The molecule has 1 aliphatic heterocycles. The Hall–Kier alpha value is -1.90. The molecule has 1 aliphatic rings. The molecule has 2 aromatic rings. The molecule has 0 N–H and O–H groups in total. The second-order valence-corrected chi connectivity index (χ2v) is 11.6. The summed E-state index contributed by atoms with van der Waals surface area (Å²) < 4.78 is 48.9. The Kier molecular flexibility index (Phi) is 5.82. The van der Waals surface area contributed by atoms with E-state index in [4.69, 9.17) is 14.0 Å². The summed E-state index contributed by atoms with van der Waals surface area (Å²) in [5.74, 6) is 0.788. The van der Waals surface area contributed by atoms with E-state index in [0.29, 0.717) is 33.8 Å². The second kappa shape index (κ2) is 7.66. The number of hydrogen-bond donors (Lipinski definition) is 0. The quantitative estimate of drug-likeness (QED) is 0.644. The molecule has 0 aliphatic carbocycles. The summed E-state index contributed by atoms with van der Waals surface area (Å²) in [6, 6.07) is 8.14. The van der Waals surface area contributed by atoms with E-state index < -0.39 is 28.0 Å². The smallest absolute Gasteiger partial charge is 0.457 e. The van der Waals surface area contributed by atoms with Gasteiger partial charge in [-0.2, -0.15) is 4.36 Å². The topological polar surface area (TPSA) is 57.1 Å². The van der Waals surface area contributed by atoms with Crippen LogP contribution >= 0.6 is 0 Å². The van der Waals surface area contributed by atoms with Gasteiger partial charge in [-0.05, 0) is 83.0 Å². The SMILES string of the molecule is Cc1cc(F)cc(C)c1Oc1ccc(N=S(C)(C)=O)cc1B1OC(C)(C)C(C)(C)O1. The number of nitrogens with zero attached hydrogens (tertiary/aromatic N) is 1. The Morgan fingerprint density at radius 1 is 1.00 bits per heavy atom. The molecule has 0 bridgehead atoms. The van der Waals surface area contributed by atoms with Crippen molar-refractivity contribution in [2.75, 3.05) is 12.5 Å². The van der Waals surface area contributed by atoms with E-state index >= 15 is 0 Å².